The van der Waals surface area contributed by atoms with Crippen LogP contribution in [0, 0.1) is 0 Å². The largest absolute Gasteiger partial charge is 0.493 e. The number of ether oxygens (including phenoxy) is 3. The summed E-state index contributed by atoms with van der Waals surface area (Å²) in [5.41, 5.74) is 1.07. The zero-order valence-corrected chi connectivity index (χ0v) is 8.91. The SMILES string of the molecule is C1=CO[C@@H]2CO[C@@H](c3ccccc3)O[C@@H]2C1. The summed E-state index contributed by atoms with van der Waals surface area (Å²) in [5, 5.41) is 0. The smallest absolute Gasteiger partial charge is 0.184 e. The summed E-state index contributed by atoms with van der Waals surface area (Å²) < 4.78 is 17.0. The second-order valence-electron chi connectivity index (χ2n) is 4.03. The fourth-order valence-corrected chi connectivity index (χ4v) is 2.04. The summed E-state index contributed by atoms with van der Waals surface area (Å²) >= 11 is 0. The highest BCUT2D eigenvalue weighted by Crippen LogP contribution is 2.30. The van der Waals surface area contributed by atoms with Gasteiger partial charge in [0.05, 0.1) is 12.9 Å². The van der Waals surface area contributed by atoms with E-state index in [0.717, 1.165) is 12.0 Å². The van der Waals surface area contributed by atoms with Gasteiger partial charge in [-0.05, 0) is 12.5 Å². The summed E-state index contributed by atoms with van der Waals surface area (Å²) in [6.45, 7) is 0.592. The Hall–Kier alpha value is -1.32. The van der Waals surface area contributed by atoms with Crippen LogP contribution in [0.4, 0.5) is 0 Å². The minimum Gasteiger partial charge on any atom is -0.493 e. The summed E-state index contributed by atoms with van der Waals surface area (Å²) in [6, 6.07) is 10.0. The molecule has 3 atom stereocenters. The monoisotopic (exact) mass is 218 g/mol. The Morgan fingerprint density at radius 1 is 1.06 bits per heavy atom. The highest BCUT2D eigenvalue weighted by molar-refractivity contribution is 5.16. The number of benzene rings is 1. The van der Waals surface area contributed by atoms with Crippen molar-refractivity contribution in [2.75, 3.05) is 6.61 Å². The molecule has 3 heteroatoms. The maximum atomic E-state index is 5.88. The molecule has 3 nitrogen and oxygen atoms in total. The van der Waals surface area contributed by atoms with Crippen molar-refractivity contribution in [2.45, 2.75) is 24.9 Å². The van der Waals surface area contributed by atoms with Gasteiger partial charge in [-0.1, -0.05) is 30.3 Å². The molecule has 0 aromatic heterocycles. The van der Waals surface area contributed by atoms with Crippen molar-refractivity contribution in [2.24, 2.45) is 0 Å². The molecule has 16 heavy (non-hydrogen) atoms. The van der Waals surface area contributed by atoms with Crippen molar-refractivity contribution in [3.05, 3.63) is 48.2 Å². The van der Waals surface area contributed by atoms with Gasteiger partial charge in [0.15, 0.2) is 6.29 Å². The maximum Gasteiger partial charge on any atom is 0.184 e. The molecule has 1 fully saturated rings. The minimum absolute atomic E-state index is 0.0463. The van der Waals surface area contributed by atoms with Crippen LogP contribution >= 0.6 is 0 Å². The summed E-state index contributed by atoms with van der Waals surface area (Å²) in [4.78, 5) is 0. The van der Waals surface area contributed by atoms with E-state index < -0.39 is 0 Å². The van der Waals surface area contributed by atoms with Crippen molar-refractivity contribution in [1.82, 2.24) is 0 Å². The van der Waals surface area contributed by atoms with Crippen molar-refractivity contribution in [3.63, 3.8) is 0 Å². The van der Waals surface area contributed by atoms with Gasteiger partial charge < -0.3 is 14.2 Å². The van der Waals surface area contributed by atoms with E-state index in [1.165, 1.54) is 0 Å². The van der Waals surface area contributed by atoms with Gasteiger partial charge in [-0.3, -0.25) is 0 Å². The lowest BCUT2D eigenvalue weighted by atomic mass is 10.1. The third kappa shape index (κ3) is 1.84. The summed E-state index contributed by atoms with van der Waals surface area (Å²) in [7, 11) is 0. The van der Waals surface area contributed by atoms with E-state index in [0.29, 0.717) is 6.61 Å². The van der Waals surface area contributed by atoms with E-state index in [1.807, 2.05) is 36.4 Å². The molecule has 84 valence electrons. The van der Waals surface area contributed by atoms with Crippen LogP contribution in [0.2, 0.25) is 0 Å². The lowest BCUT2D eigenvalue weighted by Crippen LogP contribution is -2.42. The highest BCUT2D eigenvalue weighted by atomic mass is 16.7. The second-order valence-corrected chi connectivity index (χ2v) is 4.03. The molecule has 0 amide bonds. The Morgan fingerprint density at radius 3 is 2.81 bits per heavy atom. The number of hydrogen-bond donors (Lipinski definition) is 0. The molecule has 0 spiro atoms. The molecule has 3 rings (SSSR count). The maximum absolute atomic E-state index is 5.88. The third-order valence-corrected chi connectivity index (χ3v) is 2.91. The molecule has 2 aliphatic heterocycles. The molecule has 1 saturated heterocycles. The lowest BCUT2D eigenvalue weighted by molar-refractivity contribution is -0.259. The molecule has 1 aromatic rings. The molecule has 2 aliphatic rings. The quantitative estimate of drug-likeness (QED) is 0.724. The van der Waals surface area contributed by atoms with Gasteiger partial charge in [0.1, 0.15) is 12.2 Å². The van der Waals surface area contributed by atoms with E-state index in [1.54, 1.807) is 6.26 Å². The van der Waals surface area contributed by atoms with Crippen molar-refractivity contribution < 1.29 is 14.2 Å². The Balaban J connectivity index is 1.74. The van der Waals surface area contributed by atoms with Gasteiger partial charge in [0, 0.05) is 5.56 Å². The normalized spacial score (nSPS) is 32.9. The number of rotatable bonds is 1. The number of fused-ring (bicyclic) bond motifs is 1. The average Bonchev–Trinajstić information content (AvgIpc) is 2.39. The second kappa shape index (κ2) is 4.28. The zero-order chi connectivity index (χ0) is 10.8. The first-order valence-electron chi connectivity index (χ1n) is 5.56. The topological polar surface area (TPSA) is 27.7 Å². The van der Waals surface area contributed by atoms with E-state index in [9.17, 15) is 0 Å². The van der Waals surface area contributed by atoms with Crippen molar-refractivity contribution >= 4 is 0 Å². The molecule has 0 bridgehead atoms. The Kier molecular flexibility index (Phi) is 2.64. The summed E-state index contributed by atoms with van der Waals surface area (Å²) in [6.07, 6.45) is 4.54. The van der Waals surface area contributed by atoms with Crippen molar-refractivity contribution in [3.8, 4) is 0 Å². The predicted octanol–water partition coefficient (Wildman–Crippen LogP) is 2.40. The molecule has 2 heterocycles. The van der Waals surface area contributed by atoms with Crippen LogP contribution in [0.5, 0.6) is 0 Å². The predicted molar refractivity (Wildman–Crippen MR) is 58.6 cm³/mol. The van der Waals surface area contributed by atoms with Crippen LogP contribution in [0.3, 0.4) is 0 Å². The molecule has 0 unspecified atom stereocenters. The fraction of sp³-hybridized carbons (Fsp3) is 0.385. The zero-order valence-electron chi connectivity index (χ0n) is 8.91. The van der Waals surface area contributed by atoms with Crippen LogP contribution < -0.4 is 0 Å². The van der Waals surface area contributed by atoms with Gasteiger partial charge in [-0.2, -0.15) is 0 Å². The Morgan fingerprint density at radius 2 is 1.94 bits per heavy atom. The first kappa shape index (κ1) is 9.87. The van der Waals surface area contributed by atoms with Gasteiger partial charge in [0.25, 0.3) is 0 Å². The van der Waals surface area contributed by atoms with Gasteiger partial charge >= 0.3 is 0 Å². The first-order valence-corrected chi connectivity index (χ1v) is 5.56. The van der Waals surface area contributed by atoms with Crippen molar-refractivity contribution in [1.29, 1.82) is 0 Å². The highest BCUT2D eigenvalue weighted by Gasteiger charge is 2.34. The molecular weight excluding hydrogens is 204 g/mol. The van der Waals surface area contributed by atoms with Crippen LogP contribution in [-0.4, -0.2) is 18.8 Å². The molecule has 0 aliphatic carbocycles. The molecular formula is C13H14O3. The van der Waals surface area contributed by atoms with E-state index >= 15 is 0 Å². The van der Waals surface area contributed by atoms with E-state index in [-0.39, 0.29) is 18.5 Å². The Bertz CT molecular complexity index is 374. The van der Waals surface area contributed by atoms with Crippen LogP contribution in [0.15, 0.2) is 42.7 Å². The van der Waals surface area contributed by atoms with Gasteiger partial charge in [0.2, 0.25) is 0 Å². The fourth-order valence-electron chi connectivity index (χ4n) is 2.04. The minimum atomic E-state index is -0.252. The third-order valence-electron chi connectivity index (χ3n) is 2.91. The molecule has 1 aromatic carbocycles. The first-order chi connectivity index (χ1) is 7.93. The molecule has 0 N–H and O–H groups in total. The van der Waals surface area contributed by atoms with Crippen LogP contribution in [0.25, 0.3) is 0 Å². The lowest BCUT2D eigenvalue weighted by Gasteiger charge is -2.37. The standard InChI is InChI=1S/C13H14O3/c1-2-5-10(6-3-1)13-15-9-12-11(16-13)7-4-8-14-12/h1-6,8,11-13H,7,9H2/t11-,12-,13-/m1/s1. The Labute approximate surface area is 94.6 Å². The average molecular weight is 218 g/mol. The van der Waals surface area contributed by atoms with Crippen LogP contribution in [-0.2, 0) is 14.2 Å². The van der Waals surface area contributed by atoms with Gasteiger partial charge in [-0.25, -0.2) is 0 Å². The number of hydrogen-bond acceptors (Lipinski definition) is 3. The van der Waals surface area contributed by atoms with Crippen LogP contribution in [0.1, 0.15) is 18.3 Å². The van der Waals surface area contributed by atoms with E-state index in [2.05, 4.69) is 0 Å². The molecule has 0 saturated carbocycles. The summed E-state index contributed by atoms with van der Waals surface area (Å²) in [5.74, 6) is 0. The molecule has 0 radical (unpaired) electrons. The van der Waals surface area contributed by atoms with E-state index in [4.69, 9.17) is 14.2 Å². The van der Waals surface area contributed by atoms with Gasteiger partial charge in [-0.15, -0.1) is 0 Å².